The number of carbonyl (C=O) groups excluding carboxylic acids is 1. The second-order valence-corrected chi connectivity index (χ2v) is 7.23. The predicted octanol–water partition coefficient (Wildman–Crippen LogP) is 4.10. The molecule has 0 saturated carbocycles. The number of carbonyl (C=O) groups is 1. The molecule has 0 radical (unpaired) electrons. The van der Waals surface area contributed by atoms with Gasteiger partial charge in [0.05, 0.1) is 23.8 Å². The van der Waals surface area contributed by atoms with Gasteiger partial charge in [0.1, 0.15) is 11.6 Å². The van der Waals surface area contributed by atoms with E-state index >= 15 is 0 Å². The molecule has 144 valence electrons. The number of hydrogen-bond acceptors (Lipinski definition) is 5. The highest BCUT2D eigenvalue weighted by Crippen LogP contribution is 2.33. The predicted molar refractivity (Wildman–Crippen MR) is 111 cm³/mol. The van der Waals surface area contributed by atoms with Crippen molar-refractivity contribution in [3.63, 3.8) is 0 Å². The molecule has 0 fully saturated rings. The van der Waals surface area contributed by atoms with Gasteiger partial charge in [-0.3, -0.25) is 9.78 Å². The van der Waals surface area contributed by atoms with Crippen LogP contribution >= 0.6 is 11.8 Å². The van der Waals surface area contributed by atoms with E-state index in [0.717, 1.165) is 16.0 Å². The van der Waals surface area contributed by atoms with Gasteiger partial charge in [-0.1, -0.05) is 24.3 Å². The van der Waals surface area contributed by atoms with Crippen LogP contribution in [0, 0.1) is 5.82 Å². The Morgan fingerprint density at radius 1 is 1.14 bits per heavy atom. The van der Waals surface area contributed by atoms with Crippen LogP contribution in [0.3, 0.4) is 0 Å². The van der Waals surface area contributed by atoms with Crippen molar-refractivity contribution in [2.24, 2.45) is 0 Å². The van der Waals surface area contributed by atoms with Crippen LogP contribution in [0.4, 0.5) is 10.2 Å². The van der Waals surface area contributed by atoms with Crippen LogP contribution in [0.15, 0.2) is 59.8 Å². The SMILES string of the molecule is CCN(C)C(=O)CSc1ccccc1-c1ccc(-c2cnc(N)cn2)c(F)c1. The van der Waals surface area contributed by atoms with Crippen molar-refractivity contribution < 1.29 is 9.18 Å². The van der Waals surface area contributed by atoms with Crippen LogP contribution in [0.5, 0.6) is 0 Å². The summed E-state index contributed by atoms with van der Waals surface area (Å²) >= 11 is 1.45. The summed E-state index contributed by atoms with van der Waals surface area (Å²) in [5.74, 6) is 0.294. The van der Waals surface area contributed by atoms with E-state index in [2.05, 4.69) is 9.97 Å². The Kier molecular flexibility index (Phi) is 6.26. The molecule has 3 rings (SSSR count). The zero-order valence-electron chi connectivity index (χ0n) is 15.7. The third-order valence-corrected chi connectivity index (χ3v) is 5.42. The van der Waals surface area contributed by atoms with E-state index < -0.39 is 5.82 Å². The lowest BCUT2D eigenvalue weighted by molar-refractivity contribution is -0.126. The molecule has 5 nitrogen and oxygen atoms in total. The lowest BCUT2D eigenvalue weighted by Crippen LogP contribution is -2.27. The molecule has 2 aromatic carbocycles. The maximum Gasteiger partial charge on any atom is 0.232 e. The van der Waals surface area contributed by atoms with E-state index in [4.69, 9.17) is 5.73 Å². The highest BCUT2D eigenvalue weighted by atomic mass is 32.2. The zero-order valence-corrected chi connectivity index (χ0v) is 16.5. The van der Waals surface area contributed by atoms with Gasteiger partial charge in [-0.25, -0.2) is 9.37 Å². The molecule has 0 bridgehead atoms. The molecule has 1 aromatic heterocycles. The topological polar surface area (TPSA) is 72.1 Å². The summed E-state index contributed by atoms with van der Waals surface area (Å²) in [7, 11) is 1.78. The monoisotopic (exact) mass is 396 g/mol. The van der Waals surface area contributed by atoms with Gasteiger partial charge in [0.2, 0.25) is 5.91 Å². The Morgan fingerprint density at radius 2 is 1.93 bits per heavy atom. The number of hydrogen-bond donors (Lipinski definition) is 1. The first kappa shape index (κ1) is 19.8. The van der Waals surface area contributed by atoms with Crippen molar-refractivity contribution >= 4 is 23.5 Å². The Balaban J connectivity index is 1.87. The van der Waals surface area contributed by atoms with Gasteiger partial charge in [-0.15, -0.1) is 11.8 Å². The molecule has 0 aliphatic carbocycles. The maximum atomic E-state index is 14.8. The molecule has 0 saturated heterocycles. The highest BCUT2D eigenvalue weighted by Gasteiger charge is 2.13. The van der Waals surface area contributed by atoms with E-state index in [1.807, 2.05) is 37.3 Å². The number of thioether (sulfide) groups is 1. The number of halogens is 1. The van der Waals surface area contributed by atoms with Crippen molar-refractivity contribution in [3.05, 3.63) is 60.7 Å². The molecule has 28 heavy (non-hydrogen) atoms. The van der Waals surface area contributed by atoms with Gasteiger partial charge in [0.25, 0.3) is 0 Å². The quantitative estimate of drug-likeness (QED) is 0.635. The molecule has 0 spiro atoms. The third kappa shape index (κ3) is 4.48. The minimum Gasteiger partial charge on any atom is -0.382 e. The number of amides is 1. The van der Waals surface area contributed by atoms with Gasteiger partial charge in [-0.2, -0.15) is 0 Å². The van der Waals surface area contributed by atoms with Crippen molar-refractivity contribution in [2.45, 2.75) is 11.8 Å². The third-order valence-electron chi connectivity index (χ3n) is 4.37. The van der Waals surface area contributed by atoms with Crippen LogP contribution in [0.1, 0.15) is 6.92 Å². The number of nitrogens with zero attached hydrogens (tertiary/aromatic N) is 3. The lowest BCUT2D eigenvalue weighted by Gasteiger charge is -2.15. The van der Waals surface area contributed by atoms with E-state index in [1.54, 1.807) is 18.0 Å². The summed E-state index contributed by atoms with van der Waals surface area (Å²) in [5, 5.41) is 0. The molecule has 0 unspecified atom stereocenters. The van der Waals surface area contributed by atoms with Gasteiger partial charge in [-0.05, 0) is 36.2 Å². The first-order chi connectivity index (χ1) is 13.5. The molecule has 3 aromatic rings. The van der Waals surface area contributed by atoms with Crippen LogP contribution in [0.25, 0.3) is 22.4 Å². The van der Waals surface area contributed by atoms with E-state index in [-0.39, 0.29) is 11.7 Å². The maximum absolute atomic E-state index is 14.8. The molecule has 0 aliphatic heterocycles. The molecule has 7 heteroatoms. The van der Waals surface area contributed by atoms with Gasteiger partial charge in [0, 0.05) is 24.1 Å². The van der Waals surface area contributed by atoms with E-state index in [1.165, 1.54) is 30.2 Å². The first-order valence-corrected chi connectivity index (χ1v) is 9.81. The van der Waals surface area contributed by atoms with Gasteiger partial charge < -0.3 is 10.6 Å². The number of rotatable bonds is 6. The number of nitrogen functional groups attached to an aromatic ring is 1. The van der Waals surface area contributed by atoms with Crippen LogP contribution in [-0.4, -0.2) is 40.1 Å². The fourth-order valence-corrected chi connectivity index (χ4v) is 3.64. The first-order valence-electron chi connectivity index (χ1n) is 8.83. The molecular formula is C21H21FN4OS. The van der Waals surface area contributed by atoms with Gasteiger partial charge >= 0.3 is 0 Å². The second-order valence-electron chi connectivity index (χ2n) is 6.21. The number of aromatic nitrogens is 2. The Morgan fingerprint density at radius 3 is 2.61 bits per heavy atom. The number of anilines is 1. The van der Waals surface area contributed by atoms with Crippen LogP contribution < -0.4 is 5.73 Å². The molecule has 0 aliphatic rings. The van der Waals surface area contributed by atoms with Gasteiger partial charge in [0.15, 0.2) is 0 Å². The summed E-state index contributed by atoms with van der Waals surface area (Å²) in [4.78, 5) is 22.8. The molecule has 1 heterocycles. The fraction of sp³-hybridized carbons (Fsp3) is 0.190. The minimum absolute atomic E-state index is 0.0609. The molecule has 1 amide bonds. The van der Waals surface area contributed by atoms with Crippen molar-refractivity contribution in [3.8, 4) is 22.4 Å². The standard InChI is InChI=1S/C21H21FN4OS/c1-3-26(2)21(27)13-28-19-7-5-4-6-15(19)14-8-9-16(17(22)10-14)18-11-25-20(23)12-24-18/h4-12H,3,13H2,1-2H3,(H2,23,25). The van der Waals surface area contributed by atoms with Crippen molar-refractivity contribution in [1.29, 1.82) is 0 Å². The van der Waals surface area contributed by atoms with E-state index in [9.17, 15) is 9.18 Å². The average molecular weight is 396 g/mol. The smallest absolute Gasteiger partial charge is 0.232 e. The Bertz CT molecular complexity index is 978. The second kappa shape index (κ2) is 8.84. The number of nitrogens with two attached hydrogens (primary N) is 1. The minimum atomic E-state index is -0.391. The van der Waals surface area contributed by atoms with Crippen molar-refractivity contribution in [2.75, 3.05) is 25.1 Å². The van der Waals surface area contributed by atoms with Crippen LogP contribution in [0.2, 0.25) is 0 Å². The summed E-state index contributed by atoms with van der Waals surface area (Å²) in [6, 6.07) is 12.7. The Hall–Kier alpha value is -2.93. The molecule has 0 atom stereocenters. The molecular weight excluding hydrogens is 375 g/mol. The van der Waals surface area contributed by atoms with Crippen LogP contribution in [-0.2, 0) is 4.79 Å². The number of benzene rings is 2. The zero-order chi connectivity index (χ0) is 20.1. The fourth-order valence-electron chi connectivity index (χ4n) is 2.62. The largest absolute Gasteiger partial charge is 0.382 e. The molecule has 2 N–H and O–H groups in total. The summed E-state index contributed by atoms with van der Waals surface area (Å²) in [6.07, 6.45) is 2.85. The average Bonchev–Trinajstić information content (AvgIpc) is 2.72. The lowest BCUT2D eigenvalue weighted by atomic mass is 10.0. The summed E-state index contributed by atoms with van der Waals surface area (Å²) in [6.45, 7) is 2.61. The van der Waals surface area contributed by atoms with E-state index in [0.29, 0.717) is 23.6 Å². The highest BCUT2D eigenvalue weighted by molar-refractivity contribution is 8.00. The summed E-state index contributed by atoms with van der Waals surface area (Å²) < 4.78 is 14.8. The normalized spacial score (nSPS) is 10.7. The summed E-state index contributed by atoms with van der Waals surface area (Å²) in [5.41, 5.74) is 7.95. The van der Waals surface area contributed by atoms with Crippen molar-refractivity contribution in [1.82, 2.24) is 14.9 Å². The Labute approximate surface area is 167 Å².